The Morgan fingerprint density at radius 3 is 2.47 bits per heavy atom. The first-order chi connectivity index (χ1) is 9.20. The minimum absolute atomic E-state index is 0.0253. The van der Waals surface area contributed by atoms with Gasteiger partial charge in [0, 0.05) is 24.8 Å². The highest BCUT2D eigenvalue weighted by Crippen LogP contribution is 2.48. The molecule has 0 saturated heterocycles. The molecule has 2 bridgehead atoms. The van der Waals surface area contributed by atoms with Crippen LogP contribution in [0.2, 0.25) is 0 Å². The molecule has 1 aromatic carbocycles. The molecule has 1 amide bonds. The normalized spacial score (nSPS) is 28.4. The van der Waals surface area contributed by atoms with Gasteiger partial charge in [0.2, 0.25) is 5.91 Å². The van der Waals surface area contributed by atoms with E-state index in [0.717, 1.165) is 35.7 Å². The summed E-state index contributed by atoms with van der Waals surface area (Å²) >= 11 is 0. The Bertz CT molecular complexity index is 454. The van der Waals surface area contributed by atoms with Crippen molar-refractivity contribution in [1.29, 1.82) is 0 Å². The van der Waals surface area contributed by atoms with Crippen LogP contribution in [0.3, 0.4) is 0 Å². The van der Waals surface area contributed by atoms with Crippen molar-refractivity contribution in [2.24, 2.45) is 17.8 Å². The van der Waals surface area contributed by atoms with Gasteiger partial charge in [-0.1, -0.05) is 6.42 Å². The fourth-order valence-corrected chi connectivity index (χ4v) is 3.75. The lowest BCUT2D eigenvalue weighted by Crippen LogP contribution is -2.20. The molecule has 3 rings (SSSR count). The van der Waals surface area contributed by atoms with Crippen LogP contribution in [0.15, 0.2) is 24.3 Å². The molecule has 3 unspecified atom stereocenters. The van der Waals surface area contributed by atoms with Gasteiger partial charge in [0.1, 0.15) is 0 Å². The monoisotopic (exact) mass is 258 g/mol. The smallest absolute Gasteiger partial charge is 0.221 e. The molecule has 2 fully saturated rings. The second-order valence-electron chi connectivity index (χ2n) is 6.07. The van der Waals surface area contributed by atoms with Gasteiger partial charge in [-0.05, 0) is 61.3 Å². The Hall–Kier alpha value is -1.51. The molecule has 2 N–H and O–H groups in total. The number of anilines is 2. The predicted octanol–water partition coefficient (Wildman–Crippen LogP) is 3.49. The average Bonchev–Trinajstić information content (AvgIpc) is 2.99. The summed E-state index contributed by atoms with van der Waals surface area (Å²) in [7, 11) is 0. The van der Waals surface area contributed by atoms with Gasteiger partial charge in [-0.3, -0.25) is 4.79 Å². The Kier molecular flexibility index (Phi) is 3.45. The van der Waals surface area contributed by atoms with Crippen LogP contribution in [-0.2, 0) is 4.79 Å². The molecule has 1 aromatic rings. The number of benzene rings is 1. The van der Waals surface area contributed by atoms with Crippen molar-refractivity contribution in [2.45, 2.75) is 32.6 Å². The summed E-state index contributed by atoms with van der Waals surface area (Å²) in [4.78, 5) is 10.9. The van der Waals surface area contributed by atoms with Crippen LogP contribution in [-0.4, -0.2) is 12.5 Å². The summed E-state index contributed by atoms with van der Waals surface area (Å²) in [6.45, 7) is 2.63. The number of carbonyl (C=O) groups is 1. The third-order valence-corrected chi connectivity index (χ3v) is 4.66. The first kappa shape index (κ1) is 12.5. The molecule has 2 aliphatic carbocycles. The zero-order valence-corrected chi connectivity index (χ0v) is 11.5. The summed E-state index contributed by atoms with van der Waals surface area (Å²) in [6, 6.07) is 7.98. The molecule has 3 nitrogen and oxygen atoms in total. The molecule has 0 aromatic heterocycles. The molecular weight excluding hydrogens is 236 g/mol. The summed E-state index contributed by atoms with van der Waals surface area (Å²) in [6.07, 6.45) is 5.79. The standard InChI is InChI=1S/C16H22N2O/c1-11(19)18-16-6-4-15(5-7-16)17-10-14-9-12-2-3-13(14)8-12/h4-7,12-14,17H,2-3,8-10H2,1H3,(H,18,19). The van der Waals surface area contributed by atoms with Gasteiger partial charge < -0.3 is 10.6 Å². The van der Waals surface area contributed by atoms with Crippen LogP contribution < -0.4 is 10.6 Å². The molecule has 19 heavy (non-hydrogen) atoms. The van der Waals surface area contributed by atoms with Gasteiger partial charge in [-0.2, -0.15) is 0 Å². The van der Waals surface area contributed by atoms with E-state index in [1.165, 1.54) is 32.6 Å². The number of amides is 1. The molecule has 3 heteroatoms. The first-order valence-corrected chi connectivity index (χ1v) is 7.32. The molecule has 0 heterocycles. The van der Waals surface area contributed by atoms with Crippen LogP contribution in [0.4, 0.5) is 11.4 Å². The third kappa shape index (κ3) is 2.91. The fourth-order valence-electron chi connectivity index (χ4n) is 3.75. The average molecular weight is 258 g/mol. The number of carbonyl (C=O) groups excluding carboxylic acids is 1. The van der Waals surface area contributed by atoms with Gasteiger partial charge in [-0.25, -0.2) is 0 Å². The van der Waals surface area contributed by atoms with Crippen LogP contribution >= 0.6 is 0 Å². The second-order valence-corrected chi connectivity index (χ2v) is 6.07. The summed E-state index contributed by atoms with van der Waals surface area (Å²) < 4.78 is 0. The Morgan fingerprint density at radius 2 is 1.89 bits per heavy atom. The van der Waals surface area contributed by atoms with Crippen LogP contribution in [0, 0.1) is 17.8 Å². The predicted molar refractivity (Wildman–Crippen MR) is 78.2 cm³/mol. The maximum Gasteiger partial charge on any atom is 0.221 e. The fraction of sp³-hybridized carbons (Fsp3) is 0.562. The SMILES string of the molecule is CC(=O)Nc1ccc(NCC2CC3CCC2C3)cc1. The summed E-state index contributed by atoms with van der Waals surface area (Å²) in [5.74, 6) is 2.83. The van der Waals surface area contributed by atoms with Gasteiger partial charge in [0.25, 0.3) is 0 Å². The van der Waals surface area contributed by atoms with Crippen LogP contribution in [0.5, 0.6) is 0 Å². The van der Waals surface area contributed by atoms with Gasteiger partial charge in [0.15, 0.2) is 0 Å². The molecule has 0 spiro atoms. The lowest BCUT2D eigenvalue weighted by atomic mass is 9.89. The van der Waals surface area contributed by atoms with Gasteiger partial charge in [0.05, 0.1) is 0 Å². The summed E-state index contributed by atoms with van der Waals surface area (Å²) in [5.41, 5.74) is 2.01. The summed E-state index contributed by atoms with van der Waals surface area (Å²) in [5, 5.41) is 6.32. The highest BCUT2D eigenvalue weighted by molar-refractivity contribution is 5.88. The molecule has 2 saturated carbocycles. The maximum atomic E-state index is 10.9. The topological polar surface area (TPSA) is 41.1 Å². The Labute approximate surface area is 114 Å². The molecule has 3 atom stereocenters. The van der Waals surface area contributed by atoms with Crippen molar-refractivity contribution in [2.75, 3.05) is 17.2 Å². The molecular formula is C16H22N2O. The van der Waals surface area contributed by atoms with E-state index >= 15 is 0 Å². The number of fused-ring (bicyclic) bond motifs is 2. The van der Waals surface area contributed by atoms with Crippen molar-refractivity contribution in [3.05, 3.63) is 24.3 Å². The maximum absolute atomic E-state index is 10.9. The Balaban J connectivity index is 1.51. The van der Waals surface area contributed by atoms with Crippen molar-refractivity contribution in [3.63, 3.8) is 0 Å². The van der Waals surface area contributed by atoms with E-state index in [4.69, 9.17) is 0 Å². The minimum atomic E-state index is -0.0253. The number of rotatable bonds is 4. The van der Waals surface area contributed by atoms with E-state index in [9.17, 15) is 4.79 Å². The van der Waals surface area contributed by atoms with E-state index in [2.05, 4.69) is 10.6 Å². The Morgan fingerprint density at radius 1 is 1.16 bits per heavy atom. The highest BCUT2D eigenvalue weighted by atomic mass is 16.1. The zero-order chi connectivity index (χ0) is 13.2. The van der Waals surface area contributed by atoms with E-state index in [1.54, 1.807) is 0 Å². The largest absolute Gasteiger partial charge is 0.385 e. The van der Waals surface area contributed by atoms with Crippen LogP contribution in [0.1, 0.15) is 32.6 Å². The van der Waals surface area contributed by atoms with E-state index in [1.807, 2.05) is 24.3 Å². The van der Waals surface area contributed by atoms with Crippen molar-refractivity contribution in [3.8, 4) is 0 Å². The molecule has 102 valence electrons. The van der Waals surface area contributed by atoms with Gasteiger partial charge in [-0.15, -0.1) is 0 Å². The second kappa shape index (κ2) is 5.24. The van der Waals surface area contributed by atoms with Crippen molar-refractivity contribution < 1.29 is 4.79 Å². The highest BCUT2D eigenvalue weighted by Gasteiger charge is 2.38. The van der Waals surface area contributed by atoms with Crippen molar-refractivity contribution in [1.82, 2.24) is 0 Å². The van der Waals surface area contributed by atoms with Gasteiger partial charge >= 0.3 is 0 Å². The van der Waals surface area contributed by atoms with E-state index < -0.39 is 0 Å². The lowest BCUT2D eigenvalue weighted by molar-refractivity contribution is -0.114. The zero-order valence-electron chi connectivity index (χ0n) is 11.5. The molecule has 2 aliphatic rings. The molecule has 0 aliphatic heterocycles. The number of hydrogen-bond donors (Lipinski definition) is 2. The molecule has 0 radical (unpaired) electrons. The van der Waals surface area contributed by atoms with Crippen molar-refractivity contribution >= 4 is 17.3 Å². The van der Waals surface area contributed by atoms with E-state index in [-0.39, 0.29) is 5.91 Å². The quantitative estimate of drug-likeness (QED) is 0.868. The lowest BCUT2D eigenvalue weighted by Gasteiger charge is -2.22. The van der Waals surface area contributed by atoms with E-state index in [0.29, 0.717) is 0 Å². The number of hydrogen-bond acceptors (Lipinski definition) is 2. The first-order valence-electron chi connectivity index (χ1n) is 7.32. The minimum Gasteiger partial charge on any atom is -0.385 e. The number of nitrogens with one attached hydrogen (secondary N) is 2. The van der Waals surface area contributed by atoms with Crippen LogP contribution in [0.25, 0.3) is 0 Å². The third-order valence-electron chi connectivity index (χ3n) is 4.66.